The standard InChI is InChI=1S/2C20H25NO3.CH4O/c2*1-15(19(23)16-7-9-18(22)10-8-16)21-13-11-20(24,12-14-21)17-5-3-2-4-6-17;1-2/h2*2-10,15,19,22-24H,11-14H2,1H3;2H,1H3/t2*15-,19+;/m00./s1. The van der Waals surface area contributed by atoms with Crippen LogP contribution in [-0.4, -0.2) is 90.9 Å². The topological polar surface area (TPSA) is 148 Å². The Morgan fingerprint density at radius 3 is 1.04 bits per heavy atom. The molecule has 9 nitrogen and oxygen atoms in total. The van der Waals surface area contributed by atoms with Crippen molar-refractivity contribution in [1.29, 1.82) is 0 Å². The molecule has 0 radical (unpaired) electrons. The van der Waals surface area contributed by atoms with E-state index < -0.39 is 23.4 Å². The van der Waals surface area contributed by atoms with Gasteiger partial charge in [-0.1, -0.05) is 84.9 Å². The van der Waals surface area contributed by atoms with E-state index in [0.717, 1.165) is 55.5 Å². The van der Waals surface area contributed by atoms with Crippen molar-refractivity contribution in [3.63, 3.8) is 0 Å². The Morgan fingerprint density at radius 1 is 0.480 bits per heavy atom. The first-order valence-corrected chi connectivity index (χ1v) is 17.4. The number of rotatable bonds is 8. The van der Waals surface area contributed by atoms with Gasteiger partial charge in [0.05, 0.1) is 23.4 Å². The normalized spacial score (nSPS) is 19.8. The maximum atomic E-state index is 10.9. The highest BCUT2D eigenvalue weighted by Crippen LogP contribution is 2.36. The van der Waals surface area contributed by atoms with Gasteiger partial charge in [-0.3, -0.25) is 9.80 Å². The maximum Gasteiger partial charge on any atom is 0.115 e. The van der Waals surface area contributed by atoms with Crippen LogP contribution in [0.5, 0.6) is 11.5 Å². The second-order valence-electron chi connectivity index (χ2n) is 13.4. The van der Waals surface area contributed by atoms with Crippen molar-refractivity contribution < 1.29 is 35.7 Å². The molecule has 4 aromatic carbocycles. The minimum atomic E-state index is -0.777. The first-order valence-electron chi connectivity index (χ1n) is 17.4. The van der Waals surface area contributed by atoms with Crippen LogP contribution in [0.25, 0.3) is 0 Å². The number of aliphatic hydroxyl groups is 5. The molecule has 7 N–H and O–H groups in total. The monoisotopic (exact) mass is 686 g/mol. The number of hydrogen-bond donors (Lipinski definition) is 7. The van der Waals surface area contributed by atoms with Gasteiger partial charge in [-0.05, 0) is 86.1 Å². The average molecular weight is 687 g/mol. The van der Waals surface area contributed by atoms with Gasteiger partial charge in [0, 0.05) is 45.4 Å². The Kier molecular flexibility index (Phi) is 14.0. The third-order valence-corrected chi connectivity index (χ3v) is 10.4. The summed E-state index contributed by atoms with van der Waals surface area (Å²) in [6.45, 7) is 6.96. The third kappa shape index (κ3) is 9.70. The zero-order valence-electron chi connectivity index (χ0n) is 29.4. The lowest BCUT2D eigenvalue weighted by molar-refractivity contribution is -0.0503. The Bertz CT molecular complexity index is 1420. The van der Waals surface area contributed by atoms with Crippen molar-refractivity contribution in [2.24, 2.45) is 0 Å². The molecular weight excluding hydrogens is 632 g/mol. The molecule has 270 valence electrons. The minimum absolute atomic E-state index is 0.0464. The van der Waals surface area contributed by atoms with Gasteiger partial charge < -0.3 is 35.7 Å². The molecule has 2 saturated heterocycles. The summed E-state index contributed by atoms with van der Waals surface area (Å²) in [6, 6.07) is 32.9. The van der Waals surface area contributed by atoms with Crippen LogP contribution in [-0.2, 0) is 11.2 Å². The van der Waals surface area contributed by atoms with Gasteiger partial charge in [0.2, 0.25) is 0 Å². The Balaban J connectivity index is 0.000000214. The fraction of sp³-hybridized carbons (Fsp3) is 0.415. The van der Waals surface area contributed by atoms with Crippen LogP contribution < -0.4 is 0 Å². The molecule has 9 heteroatoms. The smallest absolute Gasteiger partial charge is 0.115 e. The van der Waals surface area contributed by atoms with Crippen molar-refractivity contribution in [3.05, 3.63) is 131 Å². The molecule has 0 bridgehead atoms. The van der Waals surface area contributed by atoms with E-state index in [1.54, 1.807) is 48.5 Å². The van der Waals surface area contributed by atoms with E-state index in [4.69, 9.17) is 5.11 Å². The molecule has 0 aliphatic carbocycles. The highest BCUT2D eigenvalue weighted by Gasteiger charge is 2.38. The summed E-state index contributed by atoms with van der Waals surface area (Å²) in [4.78, 5) is 4.43. The number of aliphatic hydroxyl groups excluding tert-OH is 3. The van der Waals surface area contributed by atoms with Crippen LogP contribution in [0.3, 0.4) is 0 Å². The van der Waals surface area contributed by atoms with E-state index in [2.05, 4.69) is 9.80 Å². The number of phenols is 2. The first-order chi connectivity index (χ1) is 24.0. The fourth-order valence-corrected chi connectivity index (χ4v) is 6.98. The van der Waals surface area contributed by atoms with Crippen molar-refractivity contribution >= 4 is 0 Å². The van der Waals surface area contributed by atoms with Crippen LogP contribution in [0, 0.1) is 0 Å². The van der Waals surface area contributed by atoms with Crippen LogP contribution in [0.4, 0.5) is 0 Å². The van der Waals surface area contributed by atoms with E-state index in [1.807, 2.05) is 74.5 Å². The van der Waals surface area contributed by atoms with Crippen LogP contribution in [0.15, 0.2) is 109 Å². The lowest BCUT2D eigenvalue weighted by Crippen LogP contribution is -2.47. The number of nitrogens with zero attached hydrogens (tertiary/aromatic N) is 2. The second kappa shape index (κ2) is 17.9. The van der Waals surface area contributed by atoms with Crippen LogP contribution in [0.1, 0.15) is 74.0 Å². The summed E-state index contributed by atoms with van der Waals surface area (Å²) < 4.78 is 0. The van der Waals surface area contributed by atoms with Crippen molar-refractivity contribution in [2.75, 3.05) is 33.3 Å². The fourth-order valence-electron chi connectivity index (χ4n) is 6.98. The lowest BCUT2D eigenvalue weighted by atomic mass is 9.83. The minimum Gasteiger partial charge on any atom is -0.508 e. The molecule has 0 spiro atoms. The molecule has 0 aromatic heterocycles. The number of piperidine rings is 2. The van der Waals surface area contributed by atoms with Gasteiger partial charge in [0.15, 0.2) is 0 Å². The van der Waals surface area contributed by atoms with Crippen molar-refractivity contribution in [1.82, 2.24) is 9.80 Å². The molecule has 4 atom stereocenters. The molecule has 4 aromatic rings. The molecule has 2 aliphatic rings. The molecule has 2 heterocycles. The van der Waals surface area contributed by atoms with Gasteiger partial charge >= 0.3 is 0 Å². The summed E-state index contributed by atoms with van der Waals surface area (Å²) in [5, 5.41) is 68.8. The van der Waals surface area contributed by atoms with Crippen molar-refractivity contribution in [3.8, 4) is 11.5 Å². The zero-order valence-corrected chi connectivity index (χ0v) is 29.4. The molecule has 0 amide bonds. The van der Waals surface area contributed by atoms with Gasteiger partial charge in [0.1, 0.15) is 11.5 Å². The molecular formula is C41H54N2O7. The lowest BCUT2D eigenvalue weighted by Gasteiger charge is -2.42. The molecule has 0 saturated carbocycles. The molecule has 2 aliphatic heterocycles. The number of hydrogen-bond acceptors (Lipinski definition) is 9. The van der Waals surface area contributed by atoms with E-state index in [-0.39, 0.29) is 23.6 Å². The molecule has 6 rings (SSSR count). The Labute approximate surface area is 296 Å². The van der Waals surface area contributed by atoms with E-state index in [1.165, 1.54) is 0 Å². The summed E-state index contributed by atoms with van der Waals surface area (Å²) >= 11 is 0. The molecule has 50 heavy (non-hydrogen) atoms. The maximum absolute atomic E-state index is 10.9. The number of phenolic OH excluding ortho intramolecular Hbond substituents is 2. The van der Waals surface area contributed by atoms with E-state index in [9.17, 15) is 30.6 Å². The highest BCUT2D eigenvalue weighted by molar-refractivity contribution is 5.29. The van der Waals surface area contributed by atoms with Crippen LogP contribution in [0.2, 0.25) is 0 Å². The third-order valence-electron chi connectivity index (χ3n) is 10.4. The average Bonchev–Trinajstić information content (AvgIpc) is 3.17. The van der Waals surface area contributed by atoms with Crippen molar-refractivity contribution in [2.45, 2.75) is 75.0 Å². The summed E-state index contributed by atoms with van der Waals surface area (Å²) in [6.07, 6.45) is 1.39. The van der Waals surface area contributed by atoms with E-state index >= 15 is 0 Å². The Hall–Kier alpha value is -3.80. The Morgan fingerprint density at radius 2 is 0.760 bits per heavy atom. The number of benzene rings is 4. The quantitative estimate of drug-likeness (QED) is 0.133. The summed E-state index contributed by atoms with van der Waals surface area (Å²) in [5.74, 6) is 0.397. The van der Waals surface area contributed by atoms with Gasteiger partial charge in [0.25, 0.3) is 0 Å². The largest absolute Gasteiger partial charge is 0.508 e. The van der Waals surface area contributed by atoms with Gasteiger partial charge in [-0.15, -0.1) is 0 Å². The van der Waals surface area contributed by atoms with Gasteiger partial charge in [-0.2, -0.15) is 0 Å². The SMILES string of the molecule is CO.C[C@@H]([C@@H](O)c1ccc(O)cc1)N1CCC(O)(c2ccccc2)CC1.C[C@@H]([C@@H](O)c1ccc(O)cc1)N1CCC(O)(c2ccccc2)CC1. The molecule has 0 unspecified atom stereocenters. The predicted molar refractivity (Wildman–Crippen MR) is 195 cm³/mol. The van der Waals surface area contributed by atoms with Gasteiger partial charge in [-0.25, -0.2) is 0 Å². The van der Waals surface area contributed by atoms with E-state index in [0.29, 0.717) is 25.7 Å². The summed E-state index contributed by atoms with van der Waals surface area (Å²) in [5.41, 5.74) is 1.98. The molecule has 2 fully saturated rings. The van der Waals surface area contributed by atoms with Crippen LogP contribution >= 0.6 is 0 Å². The second-order valence-corrected chi connectivity index (χ2v) is 13.4. The summed E-state index contributed by atoms with van der Waals surface area (Å²) in [7, 11) is 1.00. The number of aromatic hydroxyl groups is 2. The zero-order chi connectivity index (χ0) is 36.3. The highest BCUT2D eigenvalue weighted by atomic mass is 16.3. The predicted octanol–water partition coefficient (Wildman–Crippen LogP) is 5.20. The first kappa shape index (κ1) is 39.0. The number of likely N-dealkylation sites (tertiary alicyclic amines) is 2.